The lowest BCUT2D eigenvalue weighted by molar-refractivity contribution is 0.194. The summed E-state index contributed by atoms with van der Waals surface area (Å²) in [5.74, 6) is 0. The van der Waals surface area contributed by atoms with Crippen molar-refractivity contribution in [2.75, 3.05) is 18.0 Å². The van der Waals surface area contributed by atoms with Gasteiger partial charge in [0.25, 0.3) is 0 Å². The van der Waals surface area contributed by atoms with Crippen LogP contribution in [0.4, 0.5) is 5.69 Å². The molecule has 0 aliphatic heterocycles. The van der Waals surface area contributed by atoms with Gasteiger partial charge >= 0.3 is 0 Å². The Labute approximate surface area is 97.4 Å². The predicted molar refractivity (Wildman–Crippen MR) is 67.6 cm³/mol. The highest BCUT2D eigenvalue weighted by atomic mass is 16.3. The molecule has 1 atom stereocenters. The first-order chi connectivity index (χ1) is 7.69. The van der Waals surface area contributed by atoms with Crippen molar-refractivity contribution in [3.05, 3.63) is 36.7 Å². The summed E-state index contributed by atoms with van der Waals surface area (Å²) in [5.41, 5.74) is 1.78. The maximum absolute atomic E-state index is 9.37. The average Bonchev–Trinajstić information content (AvgIpc) is 2.29. The first-order valence-electron chi connectivity index (χ1n) is 5.69. The van der Waals surface area contributed by atoms with E-state index in [9.17, 15) is 5.11 Å². The Hall–Kier alpha value is -1.35. The predicted octanol–water partition coefficient (Wildman–Crippen LogP) is 2.54. The third-order valence-electron chi connectivity index (χ3n) is 2.41. The summed E-state index contributed by atoms with van der Waals surface area (Å²) in [6, 6.07) is 3.86. The van der Waals surface area contributed by atoms with Crippen LogP contribution in [0.3, 0.4) is 0 Å². The van der Waals surface area contributed by atoms with Gasteiger partial charge in [0.05, 0.1) is 23.7 Å². The number of rotatable bonds is 6. The first kappa shape index (κ1) is 12.7. The lowest BCUT2D eigenvalue weighted by atomic mass is 10.2. The van der Waals surface area contributed by atoms with Crippen molar-refractivity contribution in [3.8, 4) is 0 Å². The molecule has 0 amide bonds. The second-order valence-electron chi connectivity index (χ2n) is 3.85. The highest BCUT2D eigenvalue weighted by Crippen LogP contribution is 2.16. The van der Waals surface area contributed by atoms with Crippen molar-refractivity contribution in [1.29, 1.82) is 0 Å². The molecule has 1 N–H and O–H groups in total. The molecule has 0 bridgehead atoms. The number of anilines is 1. The number of hydrogen-bond acceptors (Lipinski definition) is 3. The molecule has 3 nitrogen and oxygen atoms in total. The summed E-state index contributed by atoms with van der Waals surface area (Å²) in [6.07, 6.45) is 4.28. The lowest BCUT2D eigenvalue weighted by Gasteiger charge is -2.22. The quantitative estimate of drug-likeness (QED) is 0.748. The van der Waals surface area contributed by atoms with Crippen LogP contribution in [0.5, 0.6) is 0 Å². The summed E-state index contributed by atoms with van der Waals surface area (Å²) >= 11 is 0. The molecule has 0 aliphatic carbocycles. The summed E-state index contributed by atoms with van der Waals surface area (Å²) < 4.78 is 0. The zero-order valence-electron chi connectivity index (χ0n) is 10.1. The van der Waals surface area contributed by atoms with Gasteiger partial charge in [-0.15, -0.1) is 6.58 Å². The van der Waals surface area contributed by atoms with Gasteiger partial charge in [-0.2, -0.15) is 0 Å². The standard InChI is InChI=1S/C13H20N2O/c1-4-8-15(9-5-2)12-6-7-13(11(3)16)14-10-12/h4,6-7,10-11,16H,1,5,8-9H2,2-3H3/t11-/m1/s1. The molecule has 1 rings (SSSR count). The second kappa shape index (κ2) is 6.28. The van der Waals surface area contributed by atoms with E-state index in [4.69, 9.17) is 0 Å². The molecule has 1 heterocycles. The van der Waals surface area contributed by atoms with Crippen LogP contribution in [0.15, 0.2) is 31.0 Å². The largest absolute Gasteiger partial charge is 0.387 e. The molecule has 16 heavy (non-hydrogen) atoms. The van der Waals surface area contributed by atoms with Crippen LogP contribution in [-0.4, -0.2) is 23.2 Å². The Morgan fingerprint density at radius 1 is 1.56 bits per heavy atom. The van der Waals surface area contributed by atoms with E-state index in [0.29, 0.717) is 5.69 Å². The molecular formula is C13H20N2O. The van der Waals surface area contributed by atoms with Gasteiger partial charge in [0.2, 0.25) is 0 Å². The van der Waals surface area contributed by atoms with E-state index < -0.39 is 6.10 Å². The van der Waals surface area contributed by atoms with E-state index in [-0.39, 0.29) is 0 Å². The van der Waals surface area contributed by atoms with Crippen LogP contribution in [-0.2, 0) is 0 Å². The van der Waals surface area contributed by atoms with Crippen molar-refractivity contribution in [2.45, 2.75) is 26.4 Å². The van der Waals surface area contributed by atoms with Gasteiger partial charge in [0.1, 0.15) is 0 Å². The SMILES string of the molecule is C=CCN(CCC)c1ccc([C@@H](C)O)nc1. The first-order valence-corrected chi connectivity index (χ1v) is 5.69. The molecule has 0 aliphatic rings. The zero-order chi connectivity index (χ0) is 12.0. The van der Waals surface area contributed by atoms with Crippen LogP contribution in [0.1, 0.15) is 32.1 Å². The molecule has 0 fully saturated rings. The Balaban J connectivity index is 2.80. The normalized spacial score (nSPS) is 12.2. The van der Waals surface area contributed by atoms with Crippen LogP contribution in [0, 0.1) is 0 Å². The van der Waals surface area contributed by atoms with Gasteiger partial charge in [-0.05, 0) is 25.5 Å². The minimum absolute atomic E-state index is 0.506. The summed E-state index contributed by atoms with van der Waals surface area (Å²) in [4.78, 5) is 6.45. The average molecular weight is 220 g/mol. The molecular weight excluding hydrogens is 200 g/mol. The van der Waals surface area contributed by atoms with Crippen molar-refractivity contribution in [2.24, 2.45) is 0 Å². The van der Waals surface area contributed by atoms with Crippen molar-refractivity contribution in [3.63, 3.8) is 0 Å². The van der Waals surface area contributed by atoms with Gasteiger partial charge in [0.15, 0.2) is 0 Å². The molecule has 0 saturated carbocycles. The van der Waals surface area contributed by atoms with Gasteiger partial charge in [-0.25, -0.2) is 0 Å². The molecule has 0 saturated heterocycles. The fourth-order valence-electron chi connectivity index (χ4n) is 1.58. The topological polar surface area (TPSA) is 36.4 Å². The van der Waals surface area contributed by atoms with Crippen molar-refractivity contribution < 1.29 is 5.11 Å². The Kier molecular flexibility index (Phi) is 4.99. The maximum atomic E-state index is 9.37. The zero-order valence-corrected chi connectivity index (χ0v) is 10.1. The van der Waals surface area contributed by atoms with Gasteiger partial charge in [-0.3, -0.25) is 4.98 Å². The molecule has 0 spiro atoms. The number of pyridine rings is 1. The van der Waals surface area contributed by atoms with Gasteiger partial charge in [0, 0.05) is 13.1 Å². The monoisotopic (exact) mass is 220 g/mol. The molecule has 0 aromatic carbocycles. The molecule has 88 valence electrons. The number of aliphatic hydroxyl groups excluding tert-OH is 1. The van der Waals surface area contributed by atoms with E-state index in [2.05, 4.69) is 23.4 Å². The highest BCUT2D eigenvalue weighted by molar-refractivity contribution is 5.45. The highest BCUT2D eigenvalue weighted by Gasteiger charge is 2.06. The summed E-state index contributed by atoms with van der Waals surface area (Å²) in [7, 11) is 0. The smallest absolute Gasteiger partial charge is 0.0931 e. The minimum atomic E-state index is -0.506. The van der Waals surface area contributed by atoms with Crippen LogP contribution in [0.25, 0.3) is 0 Å². The third-order valence-corrected chi connectivity index (χ3v) is 2.41. The number of nitrogens with zero attached hydrogens (tertiary/aromatic N) is 2. The summed E-state index contributed by atoms with van der Waals surface area (Å²) in [6.45, 7) is 9.43. The summed E-state index contributed by atoms with van der Waals surface area (Å²) in [5, 5.41) is 9.37. The van der Waals surface area contributed by atoms with Crippen molar-refractivity contribution in [1.82, 2.24) is 4.98 Å². The maximum Gasteiger partial charge on any atom is 0.0931 e. The van der Waals surface area contributed by atoms with E-state index >= 15 is 0 Å². The Morgan fingerprint density at radius 3 is 2.75 bits per heavy atom. The Bertz CT molecular complexity index is 319. The molecule has 1 aromatic heterocycles. The molecule has 0 radical (unpaired) electrons. The molecule has 0 unspecified atom stereocenters. The van der Waals surface area contributed by atoms with Gasteiger partial charge < -0.3 is 10.0 Å². The second-order valence-corrected chi connectivity index (χ2v) is 3.85. The number of aromatic nitrogens is 1. The minimum Gasteiger partial charge on any atom is -0.387 e. The van der Waals surface area contributed by atoms with Crippen molar-refractivity contribution >= 4 is 5.69 Å². The number of hydrogen-bond donors (Lipinski definition) is 1. The van der Waals surface area contributed by atoms with E-state index in [1.807, 2.05) is 18.2 Å². The fourth-order valence-corrected chi connectivity index (χ4v) is 1.58. The fraction of sp³-hybridized carbons (Fsp3) is 0.462. The van der Waals surface area contributed by atoms with Crippen LogP contribution < -0.4 is 4.90 Å². The van der Waals surface area contributed by atoms with Crippen LogP contribution in [0.2, 0.25) is 0 Å². The van der Waals surface area contributed by atoms with E-state index in [0.717, 1.165) is 25.2 Å². The molecule has 1 aromatic rings. The van der Waals surface area contributed by atoms with E-state index in [1.165, 1.54) is 0 Å². The van der Waals surface area contributed by atoms with Gasteiger partial charge in [-0.1, -0.05) is 13.0 Å². The van der Waals surface area contributed by atoms with Crippen LogP contribution >= 0.6 is 0 Å². The third kappa shape index (κ3) is 3.35. The Morgan fingerprint density at radius 2 is 2.31 bits per heavy atom. The molecule has 3 heteroatoms. The number of aliphatic hydroxyl groups is 1. The lowest BCUT2D eigenvalue weighted by Crippen LogP contribution is -2.24. The van der Waals surface area contributed by atoms with E-state index in [1.54, 1.807) is 13.1 Å².